The highest BCUT2D eigenvalue weighted by Gasteiger charge is 2.53. The average molecular weight is 235 g/mol. The van der Waals surface area contributed by atoms with Crippen LogP contribution in [0.4, 0.5) is 0 Å². The van der Waals surface area contributed by atoms with Crippen LogP contribution in [0, 0.1) is 23.7 Å². The van der Waals surface area contributed by atoms with E-state index in [1.54, 1.807) is 0 Å². The number of allylic oxidation sites excluding steroid dienone is 2. The lowest BCUT2D eigenvalue weighted by atomic mass is 9.82. The summed E-state index contributed by atoms with van der Waals surface area (Å²) in [6, 6.07) is 0. The third-order valence-corrected chi connectivity index (χ3v) is 4.47. The van der Waals surface area contributed by atoms with E-state index in [2.05, 4.69) is 5.32 Å². The van der Waals surface area contributed by atoms with Gasteiger partial charge in [-0.2, -0.15) is 0 Å². The van der Waals surface area contributed by atoms with E-state index in [0.29, 0.717) is 0 Å². The third kappa shape index (κ3) is 1.66. The van der Waals surface area contributed by atoms with E-state index in [4.69, 9.17) is 0 Å². The molecule has 2 N–H and O–H groups in total. The molecule has 0 aliphatic heterocycles. The molecule has 2 bridgehead atoms. The molecule has 0 saturated heterocycles. The first-order chi connectivity index (χ1) is 8.00. The zero-order chi connectivity index (χ0) is 12.2. The van der Waals surface area contributed by atoms with Gasteiger partial charge in [0.25, 0.3) is 0 Å². The Balaban J connectivity index is 1.79. The first-order valence-corrected chi connectivity index (χ1v) is 6.23. The van der Waals surface area contributed by atoms with Crippen molar-refractivity contribution in [1.29, 1.82) is 0 Å². The van der Waals surface area contributed by atoms with Crippen LogP contribution in [-0.2, 0) is 9.59 Å². The molecule has 3 aliphatic rings. The number of carbonyl (C=O) groups excluding carboxylic acids is 1. The topological polar surface area (TPSA) is 66.4 Å². The van der Waals surface area contributed by atoms with E-state index in [0.717, 1.165) is 19.3 Å². The van der Waals surface area contributed by atoms with Crippen molar-refractivity contribution in [3.63, 3.8) is 0 Å². The van der Waals surface area contributed by atoms with Crippen LogP contribution >= 0.6 is 0 Å². The summed E-state index contributed by atoms with van der Waals surface area (Å²) in [5.41, 5.74) is -0.0638. The number of carboxylic acids is 1. The molecule has 2 saturated carbocycles. The molecular weight excluding hydrogens is 218 g/mol. The summed E-state index contributed by atoms with van der Waals surface area (Å²) in [5.74, 6) is -1.59. The van der Waals surface area contributed by atoms with Crippen molar-refractivity contribution in [3.05, 3.63) is 12.2 Å². The molecule has 0 aromatic carbocycles. The first kappa shape index (κ1) is 10.8. The molecule has 4 nitrogen and oxygen atoms in total. The van der Waals surface area contributed by atoms with Gasteiger partial charge in [-0.05, 0) is 38.0 Å². The Hall–Kier alpha value is -1.32. The van der Waals surface area contributed by atoms with Crippen LogP contribution in [-0.4, -0.2) is 22.5 Å². The van der Waals surface area contributed by atoms with Gasteiger partial charge in [-0.3, -0.25) is 9.59 Å². The lowest BCUT2D eigenvalue weighted by Crippen LogP contribution is -2.44. The summed E-state index contributed by atoms with van der Waals surface area (Å²) in [4.78, 5) is 23.5. The Morgan fingerprint density at radius 1 is 1.24 bits per heavy atom. The normalized spacial score (nSPS) is 40.3. The summed E-state index contributed by atoms with van der Waals surface area (Å²) in [7, 11) is 0. The Morgan fingerprint density at radius 3 is 2.35 bits per heavy atom. The number of amides is 1. The minimum atomic E-state index is -0.831. The summed E-state index contributed by atoms with van der Waals surface area (Å²) in [6.45, 7) is 2.02. The van der Waals surface area contributed by atoms with Crippen LogP contribution in [0.3, 0.4) is 0 Å². The maximum Gasteiger partial charge on any atom is 0.307 e. The van der Waals surface area contributed by atoms with Crippen molar-refractivity contribution in [2.75, 3.05) is 0 Å². The van der Waals surface area contributed by atoms with Crippen molar-refractivity contribution < 1.29 is 14.7 Å². The van der Waals surface area contributed by atoms with Crippen molar-refractivity contribution >= 4 is 11.9 Å². The molecule has 4 atom stereocenters. The number of carbonyl (C=O) groups is 2. The summed E-state index contributed by atoms with van der Waals surface area (Å²) in [6.07, 6.45) is 6.82. The zero-order valence-corrected chi connectivity index (χ0v) is 9.85. The van der Waals surface area contributed by atoms with Crippen LogP contribution in [0.2, 0.25) is 0 Å². The highest BCUT2D eigenvalue weighted by Crippen LogP contribution is 2.48. The molecule has 0 radical (unpaired) electrons. The number of rotatable bonds is 3. The van der Waals surface area contributed by atoms with E-state index in [1.807, 2.05) is 19.1 Å². The molecule has 0 aromatic heterocycles. The molecule has 17 heavy (non-hydrogen) atoms. The maximum absolute atomic E-state index is 12.2. The highest BCUT2D eigenvalue weighted by molar-refractivity contribution is 5.87. The summed E-state index contributed by atoms with van der Waals surface area (Å²) < 4.78 is 0. The molecule has 92 valence electrons. The van der Waals surface area contributed by atoms with Crippen molar-refractivity contribution in [1.82, 2.24) is 5.32 Å². The molecule has 0 spiro atoms. The smallest absolute Gasteiger partial charge is 0.307 e. The van der Waals surface area contributed by atoms with Gasteiger partial charge >= 0.3 is 5.97 Å². The van der Waals surface area contributed by atoms with Gasteiger partial charge in [0.15, 0.2) is 0 Å². The Bertz CT molecular complexity index is 411. The predicted octanol–water partition coefficient (Wildman–Crippen LogP) is 1.18. The largest absolute Gasteiger partial charge is 0.481 e. The maximum atomic E-state index is 12.2. The van der Waals surface area contributed by atoms with E-state index < -0.39 is 11.9 Å². The molecule has 4 heteroatoms. The molecule has 1 amide bonds. The van der Waals surface area contributed by atoms with Crippen LogP contribution in [0.25, 0.3) is 0 Å². The molecule has 2 fully saturated rings. The van der Waals surface area contributed by atoms with Gasteiger partial charge < -0.3 is 10.4 Å². The van der Waals surface area contributed by atoms with Crippen molar-refractivity contribution in [2.24, 2.45) is 23.7 Å². The molecule has 3 rings (SSSR count). The van der Waals surface area contributed by atoms with E-state index in [-0.39, 0.29) is 29.2 Å². The number of hydrogen-bond donors (Lipinski definition) is 2. The zero-order valence-electron chi connectivity index (χ0n) is 9.85. The molecule has 0 heterocycles. The van der Waals surface area contributed by atoms with Gasteiger partial charge in [0.05, 0.1) is 11.8 Å². The Kier molecular flexibility index (Phi) is 2.12. The second-order valence-corrected chi connectivity index (χ2v) is 5.89. The second kappa shape index (κ2) is 3.34. The molecule has 0 aromatic rings. The summed E-state index contributed by atoms with van der Waals surface area (Å²) >= 11 is 0. The number of nitrogens with one attached hydrogen (secondary N) is 1. The van der Waals surface area contributed by atoms with Gasteiger partial charge in [-0.15, -0.1) is 0 Å². The number of aliphatic carboxylic acids is 1. The highest BCUT2D eigenvalue weighted by atomic mass is 16.4. The first-order valence-electron chi connectivity index (χ1n) is 6.23. The predicted molar refractivity (Wildman–Crippen MR) is 61.1 cm³/mol. The second-order valence-electron chi connectivity index (χ2n) is 5.89. The standard InChI is InChI=1S/C13H17NO3/c1-13(4-5-13)14-11(15)9-7-2-3-8(6-7)10(9)12(16)17/h2-3,7-10H,4-6H2,1H3,(H,14,15)(H,16,17)/t7?,8?,9-,10+/m0/s1. The van der Waals surface area contributed by atoms with Gasteiger partial charge in [0.1, 0.15) is 0 Å². The fraction of sp³-hybridized carbons (Fsp3) is 0.692. The lowest BCUT2D eigenvalue weighted by Gasteiger charge is -2.25. The quantitative estimate of drug-likeness (QED) is 0.722. The van der Waals surface area contributed by atoms with Gasteiger partial charge in [0, 0.05) is 5.54 Å². The van der Waals surface area contributed by atoms with Gasteiger partial charge in [-0.25, -0.2) is 0 Å². The fourth-order valence-corrected chi connectivity index (χ4v) is 3.21. The third-order valence-electron chi connectivity index (χ3n) is 4.47. The average Bonchev–Trinajstić information content (AvgIpc) is 2.74. The SMILES string of the molecule is CC1(NC(=O)[C@H]2C3C=CC(C3)[C@H]2C(=O)O)CC1. The van der Waals surface area contributed by atoms with Crippen LogP contribution in [0.15, 0.2) is 12.2 Å². The molecule has 3 aliphatic carbocycles. The van der Waals surface area contributed by atoms with Crippen molar-refractivity contribution in [2.45, 2.75) is 31.7 Å². The Labute approximate surface area is 100 Å². The number of carboxylic acid groups (broad SMARTS) is 1. The van der Waals surface area contributed by atoms with Crippen LogP contribution in [0.5, 0.6) is 0 Å². The fourth-order valence-electron chi connectivity index (χ4n) is 3.21. The van der Waals surface area contributed by atoms with Gasteiger partial charge in [0.2, 0.25) is 5.91 Å². The minimum Gasteiger partial charge on any atom is -0.481 e. The minimum absolute atomic E-state index is 0.0558. The van der Waals surface area contributed by atoms with E-state index >= 15 is 0 Å². The number of fused-ring (bicyclic) bond motifs is 2. The Morgan fingerprint density at radius 2 is 1.82 bits per heavy atom. The van der Waals surface area contributed by atoms with E-state index in [1.165, 1.54) is 0 Å². The molecule has 2 unspecified atom stereocenters. The van der Waals surface area contributed by atoms with Crippen LogP contribution in [0.1, 0.15) is 26.2 Å². The monoisotopic (exact) mass is 235 g/mol. The number of hydrogen-bond acceptors (Lipinski definition) is 2. The summed E-state index contributed by atoms with van der Waals surface area (Å²) in [5, 5.41) is 12.3. The molecular formula is C13H17NO3. The van der Waals surface area contributed by atoms with E-state index in [9.17, 15) is 14.7 Å². The van der Waals surface area contributed by atoms with Gasteiger partial charge in [-0.1, -0.05) is 12.2 Å². The van der Waals surface area contributed by atoms with Crippen molar-refractivity contribution in [3.8, 4) is 0 Å². The lowest BCUT2D eigenvalue weighted by molar-refractivity contribution is -0.148. The van der Waals surface area contributed by atoms with Crippen LogP contribution < -0.4 is 5.32 Å².